The average Bonchev–Trinajstić information content (AvgIpc) is 2.59. The molecule has 2 N–H and O–H groups in total. The summed E-state index contributed by atoms with van der Waals surface area (Å²) in [6, 6.07) is 0.391. The minimum Gasteiger partial charge on any atom is -0.503 e. The highest BCUT2D eigenvalue weighted by atomic mass is 16.6. The first-order valence-corrected chi connectivity index (χ1v) is 8.07. The minimum absolute atomic E-state index is 0.0817. The molecule has 0 spiro atoms. The average molecular weight is 368 g/mol. The predicted molar refractivity (Wildman–Crippen MR) is 90.7 cm³/mol. The van der Waals surface area contributed by atoms with E-state index in [0.717, 1.165) is 0 Å². The summed E-state index contributed by atoms with van der Waals surface area (Å²) in [5.74, 6) is -2.49. The van der Waals surface area contributed by atoms with Crippen LogP contribution in [0.15, 0.2) is 12.3 Å². The topological polar surface area (TPSA) is 124 Å². The second-order valence-corrected chi connectivity index (χ2v) is 5.94. The van der Waals surface area contributed by atoms with E-state index in [1.54, 1.807) is 20.8 Å². The van der Waals surface area contributed by atoms with Gasteiger partial charge in [-0.25, -0.2) is 9.78 Å². The van der Waals surface area contributed by atoms with Crippen LogP contribution in [0.25, 0.3) is 0 Å². The molecule has 0 bridgehead atoms. The van der Waals surface area contributed by atoms with E-state index in [-0.39, 0.29) is 24.0 Å². The number of esters is 2. The number of methoxy groups -OCH3 is 1. The van der Waals surface area contributed by atoms with Gasteiger partial charge in [-0.05, 0) is 13.8 Å². The zero-order valence-electron chi connectivity index (χ0n) is 15.4. The van der Waals surface area contributed by atoms with E-state index in [1.165, 1.54) is 26.3 Å². The number of amides is 1. The van der Waals surface area contributed by atoms with Gasteiger partial charge in [-0.2, -0.15) is 0 Å². The van der Waals surface area contributed by atoms with E-state index in [0.29, 0.717) is 0 Å². The number of ether oxygens (including phenoxy) is 3. The second-order valence-electron chi connectivity index (χ2n) is 5.94. The zero-order valence-corrected chi connectivity index (χ0v) is 15.4. The molecule has 26 heavy (non-hydrogen) atoms. The van der Waals surface area contributed by atoms with Crippen LogP contribution in [0, 0.1) is 5.92 Å². The molecule has 0 aromatic carbocycles. The maximum atomic E-state index is 12.2. The molecule has 0 fully saturated rings. The van der Waals surface area contributed by atoms with Gasteiger partial charge in [0.25, 0.3) is 5.91 Å². The largest absolute Gasteiger partial charge is 0.503 e. The van der Waals surface area contributed by atoms with Crippen molar-refractivity contribution < 1.29 is 33.7 Å². The number of carbonyl (C=O) groups excluding carboxylic acids is 3. The van der Waals surface area contributed by atoms with Crippen LogP contribution < -0.4 is 10.1 Å². The number of rotatable bonds is 8. The minimum atomic E-state index is -1.00. The molecule has 0 aliphatic heterocycles. The third-order valence-corrected chi connectivity index (χ3v) is 3.27. The van der Waals surface area contributed by atoms with E-state index in [2.05, 4.69) is 10.3 Å². The van der Waals surface area contributed by atoms with Gasteiger partial charge in [0.1, 0.15) is 18.8 Å². The fourth-order valence-electron chi connectivity index (χ4n) is 1.79. The molecular formula is C17H24N2O7. The Labute approximate surface area is 151 Å². The number of nitrogens with zero attached hydrogens (tertiary/aromatic N) is 1. The first-order chi connectivity index (χ1) is 12.2. The highest BCUT2D eigenvalue weighted by Gasteiger charge is 2.24. The zero-order chi connectivity index (χ0) is 19.9. The van der Waals surface area contributed by atoms with Crippen molar-refractivity contribution >= 4 is 17.8 Å². The summed E-state index contributed by atoms with van der Waals surface area (Å²) < 4.78 is 15.0. The molecule has 0 aliphatic rings. The quantitative estimate of drug-likeness (QED) is 0.652. The molecule has 0 radical (unpaired) electrons. The predicted octanol–water partition coefficient (Wildman–Crippen LogP) is 1.04. The summed E-state index contributed by atoms with van der Waals surface area (Å²) >= 11 is 0. The van der Waals surface area contributed by atoms with E-state index in [4.69, 9.17) is 14.2 Å². The Bertz CT molecular complexity index is 661. The Morgan fingerprint density at radius 1 is 1.19 bits per heavy atom. The Morgan fingerprint density at radius 2 is 1.85 bits per heavy atom. The lowest BCUT2D eigenvalue weighted by Gasteiger charge is -2.18. The maximum Gasteiger partial charge on any atom is 0.328 e. The van der Waals surface area contributed by atoms with Crippen LogP contribution in [0.2, 0.25) is 0 Å². The van der Waals surface area contributed by atoms with Gasteiger partial charge in [0.2, 0.25) is 0 Å². The van der Waals surface area contributed by atoms with Crippen LogP contribution in [0.5, 0.6) is 11.5 Å². The van der Waals surface area contributed by atoms with Gasteiger partial charge in [0, 0.05) is 12.3 Å². The van der Waals surface area contributed by atoms with Crippen LogP contribution in [0.3, 0.4) is 0 Å². The van der Waals surface area contributed by atoms with Crippen LogP contribution in [-0.4, -0.2) is 53.8 Å². The fraction of sp³-hybridized carbons (Fsp3) is 0.529. The lowest BCUT2D eigenvalue weighted by Crippen LogP contribution is -2.41. The number of carbonyl (C=O) groups is 3. The van der Waals surface area contributed by atoms with Crippen LogP contribution in [-0.2, 0) is 19.1 Å². The molecule has 9 nitrogen and oxygen atoms in total. The van der Waals surface area contributed by atoms with Gasteiger partial charge in [-0.3, -0.25) is 9.59 Å². The molecule has 1 aromatic rings. The molecular weight excluding hydrogens is 344 g/mol. The lowest BCUT2D eigenvalue weighted by atomic mass is 10.2. The van der Waals surface area contributed by atoms with Crippen molar-refractivity contribution in [2.75, 3.05) is 13.7 Å². The summed E-state index contributed by atoms with van der Waals surface area (Å²) in [5.41, 5.74) is -0.275. The maximum absolute atomic E-state index is 12.2. The molecule has 1 heterocycles. The molecule has 2 atom stereocenters. The van der Waals surface area contributed by atoms with Crippen molar-refractivity contribution in [2.24, 2.45) is 5.92 Å². The Morgan fingerprint density at radius 3 is 2.42 bits per heavy atom. The Kier molecular flexibility index (Phi) is 7.82. The summed E-state index contributed by atoms with van der Waals surface area (Å²) in [7, 11) is 1.34. The van der Waals surface area contributed by atoms with E-state index in [9.17, 15) is 19.5 Å². The van der Waals surface area contributed by atoms with Gasteiger partial charge < -0.3 is 24.6 Å². The third-order valence-electron chi connectivity index (χ3n) is 3.27. The summed E-state index contributed by atoms with van der Waals surface area (Å²) in [6.45, 7) is 6.29. The number of aromatic hydroxyl groups is 1. The number of aromatic nitrogens is 1. The lowest BCUT2D eigenvalue weighted by molar-refractivity contribution is -0.160. The number of hydrogen-bond donors (Lipinski definition) is 2. The monoisotopic (exact) mass is 368 g/mol. The number of nitrogens with one attached hydrogen (secondary N) is 1. The Hall–Kier alpha value is -2.84. The summed E-state index contributed by atoms with van der Waals surface area (Å²) in [6.07, 6.45) is 0.620. The highest BCUT2D eigenvalue weighted by Crippen LogP contribution is 2.27. The molecule has 1 rings (SSSR count). The second kappa shape index (κ2) is 9.59. The van der Waals surface area contributed by atoms with Crippen molar-refractivity contribution in [1.29, 1.82) is 0 Å². The molecule has 0 unspecified atom stereocenters. The molecule has 0 saturated heterocycles. The smallest absolute Gasteiger partial charge is 0.328 e. The van der Waals surface area contributed by atoms with Crippen molar-refractivity contribution in [3.05, 3.63) is 18.0 Å². The Balaban J connectivity index is 2.59. The third kappa shape index (κ3) is 5.91. The van der Waals surface area contributed by atoms with E-state index < -0.39 is 35.7 Å². The fourth-order valence-corrected chi connectivity index (χ4v) is 1.79. The molecule has 0 saturated carbocycles. The van der Waals surface area contributed by atoms with Crippen molar-refractivity contribution in [3.63, 3.8) is 0 Å². The van der Waals surface area contributed by atoms with Gasteiger partial charge in [-0.15, -0.1) is 0 Å². The van der Waals surface area contributed by atoms with Crippen molar-refractivity contribution in [1.82, 2.24) is 10.3 Å². The molecule has 1 aromatic heterocycles. The van der Waals surface area contributed by atoms with Gasteiger partial charge in [0.15, 0.2) is 17.2 Å². The van der Waals surface area contributed by atoms with E-state index in [1.807, 2.05) is 0 Å². The SMILES string of the molecule is COc1ccnc(C(=O)N[C@@H](C)C(=O)O[C@@H](C)COC(=O)C(C)C)c1O. The first-order valence-electron chi connectivity index (χ1n) is 8.07. The van der Waals surface area contributed by atoms with Crippen LogP contribution >= 0.6 is 0 Å². The highest BCUT2D eigenvalue weighted by molar-refractivity contribution is 5.97. The molecule has 0 aliphatic carbocycles. The van der Waals surface area contributed by atoms with Crippen LogP contribution in [0.4, 0.5) is 0 Å². The number of pyridine rings is 1. The van der Waals surface area contributed by atoms with E-state index >= 15 is 0 Å². The molecule has 9 heteroatoms. The van der Waals surface area contributed by atoms with Gasteiger partial charge >= 0.3 is 11.9 Å². The standard InChI is InChI=1S/C17H24N2O7/c1-9(2)16(22)25-8-10(3)26-17(23)11(4)19-15(21)13-14(20)12(24-5)6-7-18-13/h6-7,9-11,20H,8H2,1-5H3,(H,19,21)/t10-,11-/m0/s1. The summed E-state index contributed by atoms with van der Waals surface area (Å²) in [4.78, 5) is 39.3. The van der Waals surface area contributed by atoms with Gasteiger partial charge in [0.05, 0.1) is 13.0 Å². The molecule has 144 valence electrons. The van der Waals surface area contributed by atoms with Crippen molar-refractivity contribution in [3.8, 4) is 11.5 Å². The van der Waals surface area contributed by atoms with Crippen molar-refractivity contribution in [2.45, 2.75) is 39.8 Å². The number of hydrogen-bond acceptors (Lipinski definition) is 8. The van der Waals surface area contributed by atoms with Crippen LogP contribution in [0.1, 0.15) is 38.2 Å². The normalized spacial score (nSPS) is 12.8. The molecule has 1 amide bonds. The van der Waals surface area contributed by atoms with Gasteiger partial charge in [-0.1, -0.05) is 13.8 Å². The first kappa shape index (κ1) is 21.2. The summed E-state index contributed by atoms with van der Waals surface area (Å²) in [5, 5.41) is 12.3.